The summed E-state index contributed by atoms with van der Waals surface area (Å²) in [6.45, 7) is 8.89. The summed E-state index contributed by atoms with van der Waals surface area (Å²) in [7, 11) is -8.08. The SMILES string of the molecule is Cc1ccc(S(=O)(=O)OCc2cc(COS(=O)(=O)c3ccc(C)cc3)cc(OCCCNC(=O)OC(C)(C)C)c2)cc1. The van der Waals surface area contributed by atoms with Gasteiger partial charge in [0.15, 0.2) is 0 Å². The van der Waals surface area contributed by atoms with Crippen LogP contribution in [-0.4, -0.2) is 41.7 Å². The van der Waals surface area contributed by atoms with Crippen LogP contribution in [0.2, 0.25) is 0 Å². The van der Waals surface area contributed by atoms with Crippen LogP contribution in [0.5, 0.6) is 5.75 Å². The van der Waals surface area contributed by atoms with Crippen LogP contribution < -0.4 is 10.1 Å². The normalized spacial score (nSPS) is 12.1. The summed E-state index contributed by atoms with van der Waals surface area (Å²) in [5, 5.41) is 2.65. The van der Waals surface area contributed by atoms with E-state index in [2.05, 4.69) is 5.32 Å². The molecule has 1 N–H and O–H groups in total. The van der Waals surface area contributed by atoms with Gasteiger partial charge in [-0.15, -0.1) is 0 Å². The second-order valence-corrected chi connectivity index (χ2v) is 13.9. The van der Waals surface area contributed by atoms with E-state index in [4.69, 9.17) is 17.8 Å². The van der Waals surface area contributed by atoms with Gasteiger partial charge >= 0.3 is 6.09 Å². The van der Waals surface area contributed by atoms with Crippen molar-refractivity contribution in [2.24, 2.45) is 0 Å². The third-order valence-electron chi connectivity index (χ3n) is 5.66. The molecule has 0 fully saturated rings. The number of hydrogen-bond acceptors (Lipinski definition) is 9. The van der Waals surface area contributed by atoms with Gasteiger partial charge in [-0.3, -0.25) is 8.37 Å². The number of rotatable bonds is 13. The third-order valence-corrected chi connectivity index (χ3v) is 8.22. The fourth-order valence-electron chi connectivity index (χ4n) is 3.58. The number of hydrogen-bond donors (Lipinski definition) is 1. The molecular weight excluding hydrogens is 582 g/mol. The molecule has 0 spiro atoms. The molecule has 0 saturated heterocycles. The highest BCUT2D eigenvalue weighted by molar-refractivity contribution is 7.87. The number of ether oxygens (including phenoxy) is 2. The zero-order valence-electron chi connectivity index (χ0n) is 24.4. The van der Waals surface area contributed by atoms with Crippen molar-refractivity contribution in [1.29, 1.82) is 0 Å². The first-order chi connectivity index (χ1) is 19.6. The Morgan fingerprint density at radius 1 is 0.738 bits per heavy atom. The first-order valence-corrected chi connectivity index (χ1v) is 16.1. The van der Waals surface area contributed by atoms with Crippen molar-refractivity contribution in [3.8, 4) is 5.75 Å². The molecule has 3 rings (SSSR count). The Balaban J connectivity index is 1.70. The second kappa shape index (κ2) is 14.1. The van der Waals surface area contributed by atoms with E-state index in [9.17, 15) is 21.6 Å². The molecule has 228 valence electrons. The van der Waals surface area contributed by atoms with E-state index in [1.165, 1.54) is 24.3 Å². The molecule has 0 bridgehead atoms. The highest BCUT2D eigenvalue weighted by atomic mass is 32.2. The van der Waals surface area contributed by atoms with Crippen LogP contribution in [0.1, 0.15) is 49.4 Å². The van der Waals surface area contributed by atoms with E-state index < -0.39 is 31.9 Å². The quantitative estimate of drug-likeness (QED) is 0.197. The molecule has 0 unspecified atom stereocenters. The van der Waals surface area contributed by atoms with Gasteiger partial charge in [-0.05, 0) is 88.6 Å². The predicted octanol–water partition coefficient (Wildman–Crippen LogP) is 5.41. The summed E-state index contributed by atoms with van der Waals surface area (Å²) in [6, 6.07) is 17.3. The minimum atomic E-state index is -4.04. The molecule has 0 saturated carbocycles. The summed E-state index contributed by atoms with van der Waals surface area (Å²) >= 11 is 0. The Hall–Kier alpha value is -3.45. The van der Waals surface area contributed by atoms with Crippen molar-refractivity contribution in [1.82, 2.24) is 5.32 Å². The Kier molecular flexibility index (Phi) is 11.1. The maximum Gasteiger partial charge on any atom is 0.407 e. The lowest BCUT2D eigenvalue weighted by Gasteiger charge is -2.19. The average Bonchev–Trinajstić information content (AvgIpc) is 2.90. The number of aryl methyl sites for hydroxylation is 2. The van der Waals surface area contributed by atoms with Gasteiger partial charge < -0.3 is 14.8 Å². The van der Waals surface area contributed by atoms with Crippen LogP contribution in [0.4, 0.5) is 4.79 Å². The number of benzene rings is 3. The maximum atomic E-state index is 12.7. The predicted molar refractivity (Wildman–Crippen MR) is 157 cm³/mol. The highest BCUT2D eigenvalue weighted by Gasteiger charge is 2.18. The van der Waals surface area contributed by atoms with Crippen molar-refractivity contribution < 1.29 is 39.5 Å². The average molecular weight is 620 g/mol. The van der Waals surface area contributed by atoms with E-state index in [-0.39, 0.29) is 29.6 Å². The van der Waals surface area contributed by atoms with E-state index in [1.54, 1.807) is 63.2 Å². The summed E-state index contributed by atoms with van der Waals surface area (Å²) in [5.74, 6) is 0.354. The van der Waals surface area contributed by atoms with Gasteiger partial charge in [-0.2, -0.15) is 16.8 Å². The van der Waals surface area contributed by atoms with Gasteiger partial charge in [-0.1, -0.05) is 41.5 Å². The zero-order chi connectivity index (χ0) is 31.0. The van der Waals surface area contributed by atoms with Crippen molar-refractivity contribution in [2.45, 2.75) is 69.6 Å². The van der Waals surface area contributed by atoms with Gasteiger partial charge in [0.2, 0.25) is 0 Å². The zero-order valence-corrected chi connectivity index (χ0v) is 26.0. The largest absolute Gasteiger partial charge is 0.494 e. The van der Waals surface area contributed by atoms with Crippen LogP contribution >= 0.6 is 0 Å². The molecule has 1 amide bonds. The Bertz CT molecular complexity index is 1460. The van der Waals surface area contributed by atoms with Gasteiger partial charge in [0.25, 0.3) is 20.2 Å². The molecule has 0 aliphatic carbocycles. The van der Waals surface area contributed by atoms with Crippen LogP contribution in [-0.2, 0) is 46.6 Å². The van der Waals surface area contributed by atoms with Crippen LogP contribution in [0.15, 0.2) is 76.5 Å². The van der Waals surface area contributed by atoms with Gasteiger partial charge in [0.05, 0.1) is 29.6 Å². The van der Waals surface area contributed by atoms with Gasteiger partial charge in [0.1, 0.15) is 11.4 Å². The van der Waals surface area contributed by atoms with Crippen LogP contribution in [0.25, 0.3) is 0 Å². The molecule has 0 heterocycles. The standard InChI is InChI=1S/C30H37NO9S2/c1-22-7-11-27(12-8-22)41(33,34)38-20-24-17-25(21-39-42(35,36)28-13-9-23(2)10-14-28)19-26(18-24)37-16-6-15-31-29(32)40-30(3,4)5/h7-14,17-19H,6,15-16,20-21H2,1-5H3,(H,31,32). The molecule has 0 atom stereocenters. The molecular formula is C30H37NO9S2. The number of carbonyl (C=O) groups is 1. The fourth-order valence-corrected chi connectivity index (χ4v) is 5.38. The Morgan fingerprint density at radius 3 is 1.62 bits per heavy atom. The minimum Gasteiger partial charge on any atom is -0.494 e. The Labute approximate surface area is 248 Å². The molecule has 3 aromatic carbocycles. The number of amides is 1. The first-order valence-electron chi connectivity index (χ1n) is 13.3. The Morgan fingerprint density at radius 2 is 1.19 bits per heavy atom. The van der Waals surface area contributed by atoms with Crippen LogP contribution in [0, 0.1) is 13.8 Å². The molecule has 42 heavy (non-hydrogen) atoms. The van der Waals surface area contributed by atoms with Crippen molar-refractivity contribution >= 4 is 26.3 Å². The van der Waals surface area contributed by atoms with Crippen molar-refractivity contribution in [3.05, 3.63) is 89.0 Å². The van der Waals surface area contributed by atoms with Crippen molar-refractivity contribution in [2.75, 3.05) is 13.2 Å². The minimum absolute atomic E-state index is 0.0192. The van der Waals surface area contributed by atoms with Gasteiger partial charge in [-0.25, -0.2) is 4.79 Å². The third kappa shape index (κ3) is 10.8. The smallest absolute Gasteiger partial charge is 0.407 e. The molecule has 0 aromatic heterocycles. The molecule has 10 nitrogen and oxygen atoms in total. The van der Waals surface area contributed by atoms with E-state index >= 15 is 0 Å². The van der Waals surface area contributed by atoms with Crippen molar-refractivity contribution in [3.63, 3.8) is 0 Å². The lowest BCUT2D eigenvalue weighted by atomic mass is 10.1. The number of nitrogens with one attached hydrogen (secondary N) is 1. The number of alkyl carbamates (subject to hydrolysis) is 1. The first kappa shape index (κ1) is 33.1. The summed E-state index contributed by atoms with van der Waals surface area (Å²) < 4.78 is 72.4. The highest BCUT2D eigenvalue weighted by Crippen LogP contribution is 2.23. The second-order valence-electron chi connectivity index (χ2n) is 10.7. The lowest BCUT2D eigenvalue weighted by Crippen LogP contribution is -2.33. The summed E-state index contributed by atoms with van der Waals surface area (Å²) in [5.41, 5.74) is 2.07. The van der Waals surface area contributed by atoms with Gasteiger partial charge in [0, 0.05) is 6.54 Å². The molecule has 0 aliphatic heterocycles. The lowest BCUT2D eigenvalue weighted by molar-refractivity contribution is 0.0525. The monoisotopic (exact) mass is 619 g/mol. The molecule has 3 aromatic rings. The maximum absolute atomic E-state index is 12.7. The fraction of sp³-hybridized carbons (Fsp3) is 0.367. The summed E-state index contributed by atoms with van der Waals surface area (Å²) in [6.07, 6.45) is -0.0827. The van der Waals surface area contributed by atoms with E-state index in [1.807, 2.05) is 13.8 Å². The summed E-state index contributed by atoms with van der Waals surface area (Å²) in [4.78, 5) is 11.9. The topological polar surface area (TPSA) is 134 Å². The van der Waals surface area contributed by atoms with E-state index in [0.29, 0.717) is 29.8 Å². The van der Waals surface area contributed by atoms with E-state index in [0.717, 1.165) is 11.1 Å². The molecule has 12 heteroatoms. The van der Waals surface area contributed by atoms with Crippen LogP contribution in [0.3, 0.4) is 0 Å². The number of carbonyl (C=O) groups excluding carboxylic acids is 1. The molecule has 0 aliphatic rings. The molecule has 0 radical (unpaired) electrons.